The lowest BCUT2D eigenvalue weighted by atomic mass is 10.3. The standard InChI is InChI=1S/C13H15FN4OS/c1-15-11-7-12(18-13(17-11)20-3)16-10-6-8(19-2)4-5-9(10)14/h4-7H,1-3H3,(H2,15,16,17,18). The lowest BCUT2D eigenvalue weighted by molar-refractivity contribution is 0.414. The molecule has 1 heterocycles. The number of nitrogens with zero attached hydrogens (tertiary/aromatic N) is 2. The molecule has 0 aliphatic rings. The molecule has 2 N–H and O–H groups in total. The van der Waals surface area contributed by atoms with Gasteiger partial charge in [0.15, 0.2) is 5.16 Å². The van der Waals surface area contributed by atoms with E-state index in [1.165, 1.54) is 24.9 Å². The SMILES string of the molecule is CNc1cc(Nc2cc(OC)ccc2F)nc(SC)n1. The average molecular weight is 294 g/mol. The summed E-state index contributed by atoms with van der Waals surface area (Å²) in [4.78, 5) is 8.54. The molecule has 0 saturated heterocycles. The number of rotatable bonds is 5. The van der Waals surface area contributed by atoms with E-state index in [0.29, 0.717) is 28.2 Å². The van der Waals surface area contributed by atoms with Gasteiger partial charge in [-0.05, 0) is 18.4 Å². The van der Waals surface area contributed by atoms with Gasteiger partial charge in [0.25, 0.3) is 0 Å². The van der Waals surface area contributed by atoms with Crippen LogP contribution in [0.3, 0.4) is 0 Å². The number of hydrogen-bond acceptors (Lipinski definition) is 6. The largest absolute Gasteiger partial charge is 0.497 e. The van der Waals surface area contributed by atoms with Crippen molar-refractivity contribution in [2.24, 2.45) is 0 Å². The first-order valence-electron chi connectivity index (χ1n) is 5.87. The molecule has 1 aromatic heterocycles. The third kappa shape index (κ3) is 3.30. The van der Waals surface area contributed by atoms with Crippen molar-refractivity contribution < 1.29 is 9.13 Å². The molecule has 0 atom stereocenters. The molecule has 2 rings (SSSR count). The van der Waals surface area contributed by atoms with E-state index in [9.17, 15) is 4.39 Å². The van der Waals surface area contributed by atoms with E-state index in [0.717, 1.165) is 0 Å². The highest BCUT2D eigenvalue weighted by Gasteiger charge is 2.08. The minimum Gasteiger partial charge on any atom is -0.497 e. The number of thioether (sulfide) groups is 1. The molecule has 1 aromatic carbocycles. The highest BCUT2D eigenvalue weighted by molar-refractivity contribution is 7.98. The van der Waals surface area contributed by atoms with Gasteiger partial charge in [-0.25, -0.2) is 14.4 Å². The zero-order chi connectivity index (χ0) is 14.5. The Bertz CT molecular complexity index is 587. The van der Waals surface area contributed by atoms with Gasteiger partial charge in [0.2, 0.25) is 0 Å². The summed E-state index contributed by atoms with van der Waals surface area (Å²) in [6, 6.07) is 6.19. The molecule has 0 aliphatic heterocycles. The number of benzene rings is 1. The summed E-state index contributed by atoms with van der Waals surface area (Å²) in [7, 11) is 3.30. The van der Waals surface area contributed by atoms with Crippen LogP contribution >= 0.6 is 11.8 Å². The summed E-state index contributed by atoms with van der Waals surface area (Å²) in [5.41, 5.74) is 0.303. The van der Waals surface area contributed by atoms with Crippen molar-refractivity contribution in [3.05, 3.63) is 30.1 Å². The second kappa shape index (κ2) is 6.42. The van der Waals surface area contributed by atoms with E-state index < -0.39 is 0 Å². The fourth-order valence-electron chi connectivity index (χ4n) is 1.57. The minimum absolute atomic E-state index is 0.303. The number of hydrogen-bond donors (Lipinski definition) is 2. The first-order valence-corrected chi connectivity index (χ1v) is 7.10. The molecule has 0 radical (unpaired) electrons. The quantitative estimate of drug-likeness (QED) is 0.652. The normalized spacial score (nSPS) is 10.2. The smallest absolute Gasteiger partial charge is 0.191 e. The molecule has 7 heteroatoms. The maximum atomic E-state index is 13.8. The molecule has 2 aromatic rings. The van der Waals surface area contributed by atoms with Crippen molar-refractivity contribution >= 4 is 29.1 Å². The van der Waals surface area contributed by atoms with Gasteiger partial charge in [0.1, 0.15) is 23.2 Å². The van der Waals surface area contributed by atoms with Crippen LogP contribution in [0.2, 0.25) is 0 Å². The molecule has 0 bridgehead atoms. The van der Waals surface area contributed by atoms with Crippen molar-refractivity contribution in [2.75, 3.05) is 31.0 Å². The van der Waals surface area contributed by atoms with Gasteiger partial charge in [0, 0.05) is 19.2 Å². The maximum Gasteiger partial charge on any atom is 0.191 e. The number of methoxy groups -OCH3 is 1. The van der Waals surface area contributed by atoms with E-state index in [2.05, 4.69) is 20.6 Å². The first kappa shape index (κ1) is 14.4. The van der Waals surface area contributed by atoms with Gasteiger partial charge >= 0.3 is 0 Å². The Hall–Kier alpha value is -2.02. The average Bonchev–Trinajstić information content (AvgIpc) is 2.49. The molecule has 0 aliphatic carbocycles. The van der Waals surface area contributed by atoms with Crippen LogP contribution in [0.25, 0.3) is 0 Å². The molecule has 0 amide bonds. The van der Waals surface area contributed by atoms with Gasteiger partial charge in [-0.1, -0.05) is 11.8 Å². The third-order valence-electron chi connectivity index (χ3n) is 2.58. The summed E-state index contributed by atoms with van der Waals surface area (Å²) < 4.78 is 18.9. The molecule has 20 heavy (non-hydrogen) atoms. The lowest BCUT2D eigenvalue weighted by Crippen LogP contribution is -2.02. The van der Waals surface area contributed by atoms with Crippen LogP contribution in [-0.4, -0.2) is 30.4 Å². The Morgan fingerprint density at radius 3 is 2.60 bits per heavy atom. The third-order valence-corrected chi connectivity index (χ3v) is 3.13. The Balaban J connectivity index is 2.33. The zero-order valence-corrected chi connectivity index (χ0v) is 12.2. The fraction of sp³-hybridized carbons (Fsp3) is 0.231. The molecule has 5 nitrogen and oxygen atoms in total. The van der Waals surface area contributed by atoms with E-state index in [1.807, 2.05) is 6.26 Å². The van der Waals surface area contributed by atoms with Gasteiger partial charge in [-0.15, -0.1) is 0 Å². The Morgan fingerprint density at radius 2 is 1.95 bits per heavy atom. The van der Waals surface area contributed by atoms with Crippen LogP contribution in [0.4, 0.5) is 21.7 Å². The highest BCUT2D eigenvalue weighted by Crippen LogP contribution is 2.25. The van der Waals surface area contributed by atoms with Gasteiger partial charge < -0.3 is 15.4 Å². The van der Waals surface area contributed by atoms with Crippen molar-refractivity contribution in [1.29, 1.82) is 0 Å². The van der Waals surface area contributed by atoms with Gasteiger partial charge in [-0.2, -0.15) is 0 Å². The lowest BCUT2D eigenvalue weighted by Gasteiger charge is -2.10. The van der Waals surface area contributed by atoms with Crippen molar-refractivity contribution in [1.82, 2.24) is 9.97 Å². The highest BCUT2D eigenvalue weighted by atomic mass is 32.2. The Morgan fingerprint density at radius 1 is 1.20 bits per heavy atom. The van der Waals surface area contributed by atoms with Crippen LogP contribution in [0.1, 0.15) is 0 Å². The fourth-order valence-corrected chi connectivity index (χ4v) is 1.95. The molecular weight excluding hydrogens is 279 g/mol. The van der Waals surface area contributed by atoms with Crippen LogP contribution in [0.5, 0.6) is 5.75 Å². The summed E-state index contributed by atoms with van der Waals surface area (Å²) in [5.74, 6) is 1.37. The maximum absolute atomic E-state index is 13.8. The summed E-state index contributed by atoms with van der Waals surface area (Å²) in [5, 5.41) is 6.48. The zero-order valence-electron chi connectivity index (χ0n) is 11.4. The van der Waals surface area contributed by atoms with Crippen LogP contribution in [0, 0.1) is 5.82 Å². The van der Waals surface area contributed by atoms with E-state index in [4.69, 9.17) is 4.74 Å². The van der Waals surface area contributed by atoms with E-state index in [-0.39, 0.29) is 5.82 Å². The number of anilines is 3. The number of nitrogens with one attached hydrogen (secondary N) is 2. The number of aromatic nitrogens is 2. The second-order valence-electron chi connectivity index (χ2n) is 3.85. The van der Waals surface area contributed by atoms with E-state index in [1.54, 1.807) is 25.2 Å². The van der Waals surface area contributed by atoms with Crippen LogP contribution in [0.15, 0.2) is 29.4 Å². The predicted molar refractivity (Wildman–Crippen MR) is 79.6 cm³/mol. The number of halogens is 1. The van der Waals surface area contributed by atoms with Gasteiger partial charge in [-0.3, -0.25) is 0 Å². The molecule has 0 fully saturated rings. The topological polar surface area (TPSA) is 59.1 Å². The van der Waals surface area contributed by atoms with Crippen molar-refractivity contribution in [3.8, 4) is 5.75 Å². The Kier molecular flexibility index (Phi) is 4.62. The monoisotopic (exact) mass is 294 g/mol. The van der Waals surface area contributed by atoms with Crippen LogP contribution < -0.4 is 15.4 Å². The molecule has 0 spiro atoms. The Labute approximate surface area is 121 Å². The molecular formula is C13H15FN4OS. The molecule has 0 unspecified atom stereocenters. The second-order valence-corrected chi connectivity index (χ2v) is 4.62. The molecule has 0 saturated carbocycles. The molecule has 106 valence electrons. The summed E-state index contributed by atoms with van der Waals surface area (Å²) >= 11 is 1.41. The van der Waals surface area contributed by atoms with Gasteiger partial charge in [0.05, 0.1) is 12.8 Å². The van der Waals surface area contributed by atoms with E-state index >= 15 is 0 Å². The minimum atomic E-state index is -0.374. The van der Waals surface area contributed by atoms with Crippen LogP contribution in [-0.2, 0) is 0 Å². The summed E-state index contributed by atoms with van der Waals surface area (Å²) in [6.45, 7) is 0. The predicted octanol–water partition coefficient (Wildman–Crippen LogP) is 3.13. The summed E-state index contributed by atoms with van der Waals surface area (Å²) in [6.07, 6.45) is 1.88. The number of ether oxygens (including phenoxy) is 1. The van der Waals surface area contributed by atoms with Crippen molar-refractivity contribution in [3.63, 3.8) is 0 Å². The van der Waals surface area contributed by atoms with Crippen molar-refractivity contribution in [2.45, 2.75) is 5.16 Å². The first-order chi connectivity index (χ1) is 9.66.